The highest BCUT2D eigenvalue weighted by Gasteiger charge is 2.32. The van der Waals surface area contributed by atoms with E-state index in [9.17, 15) is 18.8 Å². The lowest BCUT2D eigenvalue weighted by molar-refractivity contribution is -0.119. The predicted octanol–water partition coefficient (Wildman–Crippen LogP) is 0.863. The van der Waals surface area contributed by atoms with Gasteiger partial charge in [0, 0.05) is 30.4 Å². The van der Waals surface area contributed by atoms with Crippen LogP contribution in [-0.4, -0.2) is 52.3 Å². The number of aromatic nitrogens is 2. The molecule has 3 rings (SSSR count). The van der Waals surface area contributed by atoms with Gasteiger partial charge in [0.2, 0.25) is 11.7 Å². The van der Waals surface area contributed by atoms with E-state index in [-0.39, 0.29) is 30.4 Å². The molecule has 2 heterocycles. The van der Waals surface area contributed by atoms with Crippen molar-refractivity contribution in [3.8, 4) is 11.1 Å². The Kier molecular flexibility index (Phi) is 5.45. The highest BCUT2D eigenvalue weighted by Crippen LogP contribution is 2.28. The maximum absolute atomic E-state index is 14.6. The monoisotopic (exact) mass is 389 g/mol. The van der Waals surface area contributed by atoms with Crippen molar-refractivity contribution in [2.75, 3.05) is 18.0 Å². The number of anilines is 1. The molecule has 10 nitrogen and oxygen atoms in total. The molecule has 3 amide bonds. The van der Waals surface area contributed by atoms with Gasteiger partial charge in [0.15, 0.2) is 0 Å². The van der Waals surface area contributed by atoms with E-state index in [1.165, 1.54) is 47.9 Å². The molecule has 0 bridgehead atoms. The van der Waals surface area contributed by atoms with Crippen molar-refractivity contribution in [1.82, 2.24) is 20.8 Å². The third-order valence-corrected chi connectivity index (χ3v) is 3.98. The van der Waals surface area contributed by atoms with Crippen molar-refractivity contribution in [2.24, 2.45) is 0 Å². The normalized spacial score (nSPS) is 15.9. The SMILES string of the molecule is CC(=O)NC[C@H]1CN(c2ccc(-c3cnc(C(=O)NO)nc3)c(F)c2)C(=O)O1. The fourth-order valence-corrected chi connectivity index (χ4v) is 2.64. The predicted molar refractivity (Wildman–Crippen MR) is 93.0 cm³/mol. The molecular weight excluding hydrogens is 373 g/mol. The van der Waals surface area contributed by atoms with Gasteiger partial charge < -0.3 is 10.1 Å². The first kappa shape index (κ1) is 19.2. The van der Waals surface area contributed by atoms with Gasteiger partial charge in [0.1, 0.15) is 11.9 Å². The molecule has 1 aromatic heterocycles. The average molecular weight is 389 g/mol. The maximum Gasteiger partial charge on any atom is 0.414 e. The molecule has 0 radical (unpaired) electrons. The van der Waals surface area contributed by atoms with Crippen molar-refractivity contribution in [3.63, 3.8) is 0 Å². The summed E-state index contributed by atoms with van der Waals surface area (Å²) in [5, 5.41) is 11.1. The van der Waals surface area contributed by atoms with Crippen LogP contribution in [0.15, 0.2) is 30.6 Å². The van der Waals surface area contributed by atoms with Gasteiger partial charge in [-0.3, -0.25) is 19.7 Å². The number of benzene rings is 1. The number of halogens is 1. The van der Waals surface area contributed by atoms with Gasteiger partial charge in [-0.15, -0.1) is 0 Å². The molecule has 0 unspecified atom stereocenters. The molecule has 146 valence electrons. The number of carbonyl (C=O) groups excluding carboxylic acids is 3. The number of carbonyl (C=O) groups is 3. The highest BCUT2D eigenvalue weighted by molar-refractivity contribution is 5.91. The zero-order valence-electron chi connectivity index (χ0n) is 14.7. The molecule has 0 spiro atoms. The first-order valence-corrected chi connectivity index (χ1v) is 8.18. The number of nitrogens with zero attached hydrogens (tertiary/aromatic N) is 3. The number of ether oxygens (including phenoxy) is 1. The number of cyclic esters (lactones) is 1. The molecule has 1 aliphatic rings. The first-order valence-electron chi connectivity index (χ1n) is 8.18. The van der Waals surface area contributed by atoms with E-state index in [0.717, 1.165) is 0 Å². The fraction of sp³-hybridized carbons (Fsp3) is 0.235. The second kappa shape index (κ2) is 7.96. The number of hydroxylamine groups is 1. The largest absolute Gasteiger partial charge is 0.442 e. The van der Waals surface area contributed by atoms with Gasteiger partial charge >= 0.3 is 12.0 Å². The minimum Gasteiger partial charge on any atom is -0.442 e. The topological polar surface area (TPSA) is 134 Å². The molecule has 2 aromatic rings. The molecule has 1 fully saturated rings. The van der Waals surface area contributed by atoms with Gasteiger partial charge in [-0.05, 0) is 18.2 Å². The third kappa shape index (κ3) is 4.04. The molecule has 3 N–H and O–H groups in total. The molecule has 1 aromatic carbocycles. The van der Waals surface area contributed by atoms with Crippen LogP contribution in [0.4, 0.5) is 14.9 Å². The van der Waals surface area contributed by atoms with E-state index in [0.29, 0.717) is 11.3 Å². The molecule has 0 saturated carbocycles. The number of hydrogen-bond acceptors (Lipinski definition) is 7. The van der Waals surface area contributed by atoms with Crippen molar-refractivity contribution < 1.29 is 28.7 Å². The van der Waals surface area contributed by atoms with Crippen LogP contribution in [0.3, 0.4) is 0 Å². The van der Waals surface area contributed by atoms with E-state index in [4.69, 9.17) is 9.94 Å². The van der Waals surface area contributed by atoms with Crippen LogP contribution in [0.2, 0.25) is 0 Å². The van der Waals surface area contributed by atoms with Gasteiger partial charge in [0.25, 0.3) is 0 Å². The summed E-state index contributed by atoms with van der Waals surface area (Å²) in [5.74, 6) is -2.02. The number of amides is 3. The Balaban J connectivity index is 1.76. The summed E-state index contributed by atoms with van der Waals surface area (Å²) in [6.45, 7) is 1.70. The van der Waals surface area contributed by atoms with Crippen molar-refractivity contribution in [2.45, 2.75) is 13.0 Å². The van der Waals surface area contributed by atoms with Crippen molar-refractivity contribution >= 4 is 23.6 Å². The molecule has 1 aliphatic heterocycles. The Bertz CT molecular complexity index is 921. The number of rotatable bonds is 5. The lowest BCUT2D eigenvalue weighted by atomic mass is 10.1. The van der Waals surface area contributed by atoms with Gasteiger partial charge in [-0.2, -0.15) is 0 Å². The summed E-state index contributed by atoms with van der Waals surface area (Å²) < 4.78 is 19.7. The van der Waals surface area contributed by atoms with E-state index < -0.39 is 23.9 Å². The summed E-state index contributed by atoms with van der Waals surface area (Å²) in [4.78, 5) is 43.0. The average Bonchev–Trinajstić information content (AvgIpc) is 3.06. The summed E-state index contributed by atoms with van der Waals surface area (Å²) in [5.41, 5.74) is 2.18. The second-order valence-corrected chi connectivity index (χ2v) is 5.95. The maximum atomic E-state index is 14.6. The first-order chi connectivity index (χ1) is 13.4. The standard InChI is InChI=1S/C17H16FN5O5/c1-9(24)19-7-12-8-23(17(26)28-12)11-2-3-13(14(18)4-11)10-5-20-15(21-6-10)16(25)22-27/h2-6,12,27H,7-8H2,1H3,(H,19,24)(H,22,25)/t12-/m0/s1. The molecule has 11 heteroatoms. The molecule has 28 heavy (non-hydrogen) atoms. The van der Waals surface area contributed by atoms with E-state index in [1.807, 2.05) is 0 Å². The van der Waals surface area contributed by atoms with Gasteiger partial charge in [0.05, 0.1) is 18.8 Å². The van der Waals surface area contributed by atoms with Crippen LogP contribution in [-0.2, 0) is 9.53 Å². The quantitative estimate of drug-likeness (QED) is 0.510. The van der Waals surface area contributed by atoms with Crippen LogP contribution in [0.25, 0.3) is 11.1 Å². The zero-order valence-corrected chi connectivity index (χ0v) is 14.7. The minimum absolute atomic E-state index is 0.169. The molecule has 1 saturated heterocycles. The Morgan fingerprint density at radius 1 is 1.36 bits per heavy atom. The number of hydrogen-bond donors (Lipinski definition) is 3. The Labute approximate surface area is 158 Å². The lowest BCUT2D eigenvalue weighted by Gasteiger charge is -2.14. The Morgan fingerprint density at radius 2 is 2.07 bits per heavy atom. The van der Waals surface area contributed by atoms with Crippen LogP contribution < -0.4 is 15.7 Å². The number of nitrogens with one attached hydrogen (secondary N) is 2. The summed E-state index contributed by atoms with van der Waals surface area (Å²) >= 11 is 0. The Hall–Kier alpha value is -3.60. The van der Waals surface area contributed by atoms with E-state index in [1.54, 1.807) is 0 Å². The molecule has 1 atom stereocenters. The van der Waals surface area contributed by atoms with Gasteiger partial charge in [-0.25, -0.2) is 24.6 Å². The van der Waals surface area contributed by atoms with Crippen molar-refractivity contribution in [1.29, 1.82) is 0 Å². The summed E-state index contributed by atoms with van der Waals surface area (Å²) in [6, 6.07) is 4.16. The zero-order chi connectivity index (χ0) is 20.3. The van der Waals surface area contributed by atoms with Crippen LogP contribution in [0.5, 0.6) is 0 Å². The van der Waals surface area contributed by atoms with E-state index >= 15 is 0 Å². The fourth-order valence-electron chi connectivity index (χ4n) is 2.64. The van der Waals surface area contributed by atoms with Crippen molar-refractivity contribution in [3.05, 3.63) is 42.2 Å². The van der Waals surface area contributed by atoms with Crippen LogP contribution in [0.1, 0.15) is 17.5 Å². The summed E-state index contributed by atoms with van der Waals surface area (Å²) in [6.07, 6.45) is 1.31. The van der Waals surface area contributed by atoms with E-state index in [2.05, 4.69) is 15.3 Å². The minimum atomic E-state index is -0.885. The Morgan fingerprint density at radius 3 is 2.68 bits per heavy atom. The lowest BCUT2D eigenvalue weighted by Crippen LogP contribution is -2.33. The smallest absolute Gasteiger partial charge is 0.414 e. The molecule has 0 aliphatic carbocycles. The third-order valence-electron chi connectivity index (χ3n) is 3.98. The second-order valence-electron chi connectivity index (χ2n) is 5.95. The molecular formula is C17H16FN5O5. The summed E-state index contributed by atoms with van der Waals surface area (Å²) in [7, 11) is 0. The highest BCUT2D eigenvalue weighted by atomic mass is 19.1. The van der Waals surface area contributed by atoms with Gasteiger partial charge in [-0.1, -0.05) is 0 Å². The van der Waals surface area contributed by atoms with Crippen LogP contribution >= 0.6 is 0 Å². The van der Waals surface area contributed by atoms with Crippen LogP contribution in [0, 0.1) is 5.82 Å².